The van der Waals surface area contributed by atoms with Gasteiger partial charge in [0.2, 0.25) is 0 Å². The zero-order valence-electron chi connectivity index (χ0n) is 7.42. The van der Waals surface area contributed by atoms with Crippen LogP contribution in [0.25, 0.3) is 0 Å². The molecule has 1 aromatic rings. The number of aliphatic hydroxyl groups is 1. The van der Waals surface area contributed by atoms with E-state index in [2.05, 4.69) is 4.98 Å². The van der Waals surface area contributed by atoms with Crippen LogP contribution in [0.1, 0.15) is 11.6 Å². The SMILES string of the molecule is N[C@@H](c1ccc(Cl)nc1Cl)C(F)(F)CO. The third-order valence-electron chi connectivity index (χ3n) is 1.84. The number of halogens is 4. The van der Waals surface area contributed by atoms with Gasteiger partial charge in [0.05, 0.1) is 6.04 Å². The lowest BCUT2D eigenvalue weighted by molar-refractivity contribution is -0.0712. The van der Waals surface area contributed by atoms with E-state index >= 15 is 0 Å². The van der Waals surface area contributed by atoms with Gasteiger partial charge in [0.25, 0.3) is 5.92 Å². The Morgan fingerprint density at radius 3 is 2.53 bits per heavy atom. The molecule has 0 bridgehead atoms. The third kappa shape index (κ3) is 2.75. The average Bonchev–Trinajstić information content (AvgIpc) is 2.17. The summed E-state index contributed by atoms with van der Waals surface area (Å²) >= 11 is 11.1. The van der Waals surface area contributed by atoms with E-state index in [0.717, 1.165) is 0 Å². The number of nitrogens with zero attached hydrogens (tertiary/aromatic N) is 1. The average molecular weight is 257 g/mol. The van der Waals surface area contributed by atoms with Gasteiger partial charge in [-0.25, -0.2) is 13.8 Å². The second kappa shape index (κ2) is 4.57. The molecular formula is C8H8Cl2F2N2O. The fraction of sp³-hybridized carbons (Fsp3) is 0.375. The number of nitrogens with two attached hydrogens (primary N) is 1. The molecule has 1 rings (SSSR count). The van der Waals surface area contributed by atoms with Crippen molar-refractivity contribution >= 4 is 23.2 Å². The largest absolute Gasteiger partial charge is 0.390 e. The predicted octanol–water partition coefficient (Wildman–Crippen LogP) is 2.02. The Morgan fingerprint density at radius 2 is 2.07 bits per heavy atom. The smallest absolute Gasteiger partial charge is 0.289 e. The molecule has 0 aromatic carbocycles. The summed E-state index contributed by atoms with van der Waals surface area (Å²) in [6.45, 7) is -1.35. The molecule has 3 nitrogen and oxygen atoms in total. The Hall–Kier alpha value is -0.490. The van der Waals surface area contributed by atoms with Gasteiger partial charge in [-0.05, 0) is 6.07 Å². The molecule has 7 heteroatoms. The summed E-state index contributed by atoms with van der Waals surface area (Å²) in [6, 6.07) is 0.849. The van der Waals surface area contributed by atoms with Crippen LogP contribution in [0.15, 0.2) is 12.1 Å². The first-order valence-electron chi connectivity index (χ1n) is 3.94. The summed E-state index contributed by atoms with van der Waals surface area (Å²) in [4.78, 5) is 3.58. The summed E-state index contributed by atoms with van der Waals surface area (Å²) in [5.74, 6) is -3.45. The molecule has 0 spiro atoms. The van der Waals surface area contributed by atoms with Gasteiger partial charge < -0.3 is 10.8 Å². The standard InChI is InChI=1S/C8H8Cl2F2N2O/c9-5-2-1-4(7(10)14-5)6(13)8(11,12)3-15/h1-2,6,15H,3,13H2/t6-/m0/s1. The monoisotopic (exact) mass is 256 g/mol. The molecule has 0 aliphatic heterocycles. The van der Waals surface area contributed by atoms with Crippen LogP contribution in [-0.4, -0.2) is 22.6 Å². The van der Waals surface area contributed by atoms with Crippen molar-refractivity contribution < 1.29 is 13.9 Å². The fourth-order valence-electron chi connectivity index (χ4n) is 0.981. The van der Waals surface area contributed by atoms with E-state index in [1.54, 1.807) is 0 Å². The number of hydrogen-bond donors (Lipinski definition) is 2. The number of pyridine rings is 1. The minimum Gasteiger partial charge on any atom is -0.390 e. The van der Waals surface area contributed by atoms with Crippen LogP contribution >= 0.6 is 23.2 Å². The van der Waals surface area contributed by atoms with E-state index < -0.39 is 18.6 Å². The first-order chi connectivity index (χ1) is 6.88. The lowest BCUT2D eigenvalue weighted by Gasteiger charge is -2.22. The maximum Gasteiger partial charge on any atom is 0.289 e. The number of aromatic nitrogens is 1. The van der Waals surface area contributed by atoms with Crippen molar-refractivity contribution in [3.05, 3.63) is 28.0 Å². The maximum absolute atomic E-state index is 13.0. The molecule has 0 aliphatic rings. The highest BCUT2D eigenvalue weighted by molar-refractivity contribution is 6.32. The molecular weight excluding hydrogens is 249 g/mol. The molecule has 0 fully saturated rings. The summed E-state index contributed by atoms with van der Waals surface area (Å²) < 4.78 is 26.0. The lowest BCUT2D eigenvalue weighted by atomic mass is 10.0. The van der Waals surface area contributed by atoms with Crippen LogP contribution in [0.4, 0.5) is 8.78 Å². The molecule has 0 saturated heterocycles. The summed E-state index contributed by atoms with van der Waals surface area (Å²) in [5, 5.41) is 8.35. The molecule has 84 valence electrons. The van der Waals surface area contributed by atoms with Gasteiger partial charge in [0.1, 0.15) is 16.9 Å². The molecule has 3 N–H and O–H groups in total. The fourth-order valence-corrected chi connectivity index (χ4v) is 1.44. The van der Waals surface area contributed by atoms with Crippen molar-refractivity contribution in [2.24, 2.45) is 5.73 Å². The normalized spacial score (nSPS) is 14.0. The van der Waals surface area contributed by atoms with Crippen LogP contribution in [0, 0.1) is 0 Å². The van der Waals surface area contributed by atoms with Gasteiger partial charge in [-0.15, -0.1) is 0 Å². The van der Waals surface area contributed by atoms with Gasteiger partial charge in [-0.2, -0.15) is 0 Å². The zero-order valence-corrected chi connectivity index (χ0v) is 8.93. The molecule has 1 aromatic heterocycles. The molecule has 0 radical (unpaired) electrons. The van der Waals surface area contributed by atoms with E-state index in [4.69, 9.17) is 34.0 Å². The first-order valence-corrected chi connectivity index (χ1v) is 4.70. The highest BCUT2D eigenvalue weighted by Gasteiger charge is 2.38. The number of rotatable bonds is 3. The molecule has 0 saturated carbocycles. The topological polar surface area (TPSA) is 59.1 Å². The Kier molecular flexibility index (Phi) is 3.83. The van der Waals surface area contributed by atoms with Crippen LogP contribution in [-0.2, 0) is 0 Å². The summed E-state index contributed by atoms with van der Waals surface area (Å²) in [7, 11) is 0. The second-order valence-corrected chi connectivity index (χ2v) is 3.66. The Labute approximate surface area is 94.8 Å². The van der Waals surface area contributed by atoms with Crippen molar-refractivity contribution in [2.45, 2.75) is 12.0 Å². The Morgan fingerprint density at radius 1 is 1.47 bits per heavy atom. The third-order valence-corrected chi connectivity index (χ3v) is 2.36. The number of aliphatic hydroxyl groups excluding tert-OH is 1. The molecule has 0 amide bonds. The van der Waals surface area contributed by atoms with Crippen molar-refractivity contribution in [1.29, 1.82) is 0 Å². The van der Waals surface area contributed by atoms with Crippen molar-refractivity contribution in [3.63, 3.8) is 0 Å². The van der Waals surface area contributed by atoms with Gasteiger partial charge >= 0.3 is 0 Å². The van der Waals surface area contributed by atoms with Gasteiger partial charge in [0, 0.05) is 5.56 Å². The van der Waals surface area contributed by atoms with E-state index in [0.29, 0.717) is 0 Å². The maximum atomic E-state index is 13.0. The van der Waals surface area contributed by atoms with Gasteiger partial charge in [-0.1, -0.05) is 29.3 Å². The van der Waals surface area contributed by atoms with E-state index in [1.807, 2.05) is 0 Å². The molecule has 0 aliphatic carbocycles. The van der Waals surface area contributed by atoms with E-state index in [-0.39, 0.29) is 15.9 Å². The first kappa shape index (κ1) is 12.6. The highest BCUT2D eigenvalue weighted by atomic mass is 35.5. The molecule has 15 heavy (non-hydrogen) atoms. The molecule has 1 atom stereocenters. The quantitative estimate of drug-likeness (QED) is 0.814. The van der Waals surface area contributed by atoms with Crippen molar-refractivity contribution in [3.8, 4) is 0 Å². The Balaban J connectivity index is 3.06. The lowest BCUT2D eigenvalue weighted by Crippen LogP contribution is -2.36. The molecule has 0 unspecified atom stereocenters. The second-order valence-electron chi connectivity index (χ2n) is 2.91. The van der Waals surface area contributed by atoms with Crippen LogP contribution in [0.3, 0.4) is 0 Å². The van der Waals surface area contributed by atoms with Crippen LogP contribution in [0.2, 0.25) is 10.3 Å². The van der Waals surface area contributed by atoms with Gasteiger partial charge in [0.15, 0.2) is 0 Å². The van der Waals surface area contributed by atoms with Crippen LogP contribution in [0.5, 0.6) is 0 Å². The minimum atomic E-state index is -3.45. The zero-order chi connectivity index (χ0) is 11.6. The number of hydrogen-bond acceptors (Lipinski definition) is 3. The van der Waals surface area contributed by atoms with E-state index in [1.165, 1.54) is 12.1 Å². The highest BCUT2D eigenvalue weighted by Crippen LogP contribution is 2.32. The van der Waals surface area contributed by atoms with Crippen LogP contribution < -0.4 is 5.73 Å². The Bertz CT molecular complexity index is 362. The van der Waals surface area contributed by atoms with Crippen molar-refractivity contribution in [2.75, 3.05) is 6.61 Å². The van der Waals surface area contributed by atoms with E-state index in [9.17, 15) is 8.78 Å². The number of alkyl halides is 2. The molecule has 1 heterocycles. The minimum absolute atomic E-state index is 0.0554. The summed E-state index contributed by atoms with van der Waals surface area (Å²) in [6.07, 6.45) is 0. The van der Waals surface area contributed by atoms with Crippen molar-refractivity contribution in [1.82, 2.24) is 4.98 Å². The van der Waals surface area contributed by atoms with Gasteiger partial charge in [-0.3, -0.25) is 0 Å². The predicted molar refractivity (Wildman–Crippen MR) is 53.2 cm³/mol. The summed E-state index contributed by atoms with van der Waals surface area (Å²) in [5.41, 5.74) is 5.20.